The molecule has 21 heavy (non-hydrogen) atoms. The minimum absolute atomic E-state index is 0.0374. The molecule has 0 saturated carbocycles. The molecule has 0 fully saturated rings. The Labute approximate surface area is 125 Å². The van der Waals surface area contributed by atoms with E-state index in [1.165, 1.54) is 0 Å². The van der Waals surface area contributed by atoms with Gasteiger partial charge in [-0.15, -0.1) is 0 Å². The Morgan fingerprint density at radius 3 is 2.62 bits per heavy atom. The summed E-state index contributed by atoms with van der Waals surface area (Å²) in [5.41, 5.74) is 0.796. The van der Waals surface area contributed by atoms with Gasteiger partial charge in [0, 0.05) is 23.5 Å². The first-order valence-corrected chi connectivity index (χ1v) is 7.29. The van der Waals surface area contributed by atoms with Crippen molar-refractivity contribution in [3.63, 3.8) is 0 Å². The maximum Gasteiger partial charge on any atom is 0.236 e. The fourth-order valence-corrected chi connectivity index (χ4v) is 2.49. The average molecular weight is 286 g/mol. The van der Waals surface area contributed by atoms with Gasteiger partial charge in [0.1, 0.15) is 5.75 Å². The van der Waals surface area contributed by atoms with Gasteiger partial charge in [-0.3, -0.25) is 10.1 Å². The van der Waals surface area contributed by atoms with E-state index in [4.69, 9.17) is 0 Å². The summed E-state index contributed by atoms with van der Waals surface area (Å²) in [5.74, 6) is 0.237. The van der Waals surface area contributed by atoms with E-state index in [0.29, 0.717) is 6.54 Å². The largest absolute Gasteiger partial charge is 0.507 e. The smallest absolute Gasteiger partial charge is 0.236 e. The first kappa shape index (κ1) is 15.3. The second-order valence-electron chi connectivity index (χ2n) is 5.23. The summed E-state index contributed by atoms with van der Waals surface area (Å²) in [6.07, 6.45) is 0. The second kappa shape index (κ2) is 6.59. The third-order valence-corrected chi connectivity index (χ3v) is 3.64. The maximum atomic E-state index is 11.8. The Morgan fingerprint density at radius 2 is 1.90 bits per heavy atom. The van der Waals surface area contributed by atoms with E-state index < -0.39 is 0 Å². The Kier molecular flexibility index (Phi) is 4.81. The van der Waals surface area contributed by atoms with Crippen molar-refractivity contribution < 1.29 is 9.90 Å². The van der Waals surface area contributed by atoms with Crippen LogP contribution in [0.4, 0.5) is 0 Å². The third-order valence-electron chi connectivity index (χ3n) is 3.64. The number of carbonyl (C=O) groups is 1. The Hall–Kier alpha value is -2.07. The van der Waals surface area contributed by atoms with Gasteiger partial charge in [-0.1, -0.05) is 36.4 Å². The van der Waals surface area contributed by atoms with Crippen LogP contribution in [0.3, 0.4) is 0 Å². The normalized spacial score (nSPS) is 13.9. The first-order valence-electron chi connectivity index (χ1n) is 7.29. The number of benzene rings is 2. The van der Waals surface area contributed by atoms with Crippen LogP contribution < -0.4 is 10.6 Å². The first-order chi connectivity index (χ1) is 10.0. The van der Waals surface area contributed by atoms with Gasteiger partial charge in [-0.05, 0) is 26.2 Å². The molecule has 112 valence electrons. The zero-order chi connectivity index (χ0) is 15.4. The summed E-state index contributed by atoms with van der Waals surface area (Å²) in [6.45, 7) is 6.27. The second-order valence-corrected chi connectivity index (χ2v) is 5.23. The summed E-state index contributed by atoms with van der Waals surface area (Å²) in [4.78, 5) is 11.8. The van der Waals surface area contributed by atoms with Crippen molar-refractivity contribution >= 4 is 16.7 Å². The highest BCUT2D eigenvalue weighted by Crippen LogP contribution is 2.32. The van der Waals surface area contributed by atoms with Crippen LogP contribution in [0.1, 0.15) is 32.4 Å². The Balaban J connectivity index is 2.21. The molecule has 4 nitrogen and oxygen atoms in total. The van der Waals surface area contributed by atoms with E-state index in [-0.39, 0.29) is 23.7 Å². The van der Waals surface area contributed by atoms with Crippen molar-refractivity contribution in [1.29, 1.82) is 0 Å². The summed E-state index contributed by atoms with van der Waals surface area (Å²) < 4.78 is 0. The van der Waals surface area contributed by atoms with Crippen molar-refractivity contribution in [1.82, 2.24) is 10.6 Å². The lowest BCUT2D eigenvalue weighted by atomic mass is 10.0. The van der Waals surface area contributed by atoms with Crippen LogP contribution in [0.15, 0.2) is 36.4 Å². The monoisotopic (exact) mass is 286 g/mol. The Bertz CT molecular complexity index is 640. The number of aromatic hydroxyl groups is 1. The number of rotatable bonds is 5. The molecule has 2 unspecified atom stereocenters. The van der Waals surface area contributed by atoms with Crippen molar-refractivity contribution in [2.45, 2.75) is 32.9 Å². The number of phenolic OH excluding ortho intramolecular Hbond substituents is 1. The van der Waals surface area contributed by atoms with Gasteiger partial charge in [-0.2, -0.15) is 0 Å². The minimum Gasteiger partial charge on any atom is -0.507 e. The number of nitrogens with one attached hydrogen (secondary N) is 2. The number of hydrogen-bond donors (Lipinski definition) is 3. The highest BCUT2D eigenvalue weighted by Gasteiger charge is 2.18. The molecule has 0 spiro atoms. The molecule has 2 rings (SSSR count). The van der Waals surface area contributed by atoms with Crippen molar-refractivity contribution in [2.24, 2.45) is 0 Å². The van der Waals surface area contributed by atoms with Gasteiger partial charge >= 0.3 is 0 Å². The maximum absolute atomic E-state index is 11.8. The van der Waals surface area contributed by atoms with Crippen LogP contribution >= 0.6 is 0 Å². The SMILES string of the molecule is CCNC(=O)C(C)NC(C)c1ccc2ccccc2c1O. The van der Waals surface area contributed by atoms with Gasteiger partial charge in [0.25, 0.3) is 0 Å². The predicted molar refractivity (Wildman–Crippen MR) is 85.3 cm³/mol. The quantitative estimate of drug-likeness (QED) is 0.792. The number of carbonyl (C=O) groups excluding carboxylic acids is 1. The standard InChI is InChI=1S/C17H22N2O2/c1-4-18-17(21)12(3)19-11(2)14-10-9-13-7-5-6-8-15(13)16(14)20/h5-12,19-20H,4H2,1-3H3,(H,18,21). The lowest BCUT2D eigenvalue weighted by molar-refractivity contribution is -0.122. The molecule has 2 aromatic rings. The van der Waals surface area contributed by atoms with Gasteiger partial charge in [0.05, 0.1) is 6.04 Å². The molecule has 0 aromatic heterocycles. The van der Waals surface area contributed by atoms with Crippen LogP contribution in [-0.2, 0) is 4.79 Å². The Morgan fingerprint density at radius 1 is 1.19 bits per heavy atom. The van der Waals surface area contributed by atoms with E-state index in [1.807, 2.05) is 57.2 Å². The molecule has 0 bridgehead atoms. The van der Waals surface area contributed by atoms with Crippen LogP contribution in [0.25, 0.3) is 10.8 Å². The number of amides is 1. The zero-order valence-electron chi connectivity index (χ0n) is 12.7. The summed E-state index contributed by atoms with van der Waals surface area (Å²) in [6, 6.07) is 11.2. The van der Waals surface area contributed by atoms with E-state index in [1.54, 1.807) is 0 Å². The average Bonchev–Trinajstić information content (AvgIpc) is 2.48. The number of likely N-dealkylation sites (N-methyl/N-ethyl adjacent to an activating group) is 1. The number of hydrogen-bond acceptors (Lipinski definition) is 3. The molecular weight excluding hydrogens is 264 g/mol. The molecule has 4 heteroatoms. The van der Waals surface area contributed by atoms with Crippen molar-refractivity contribution in [2.75, 3.05) is 6.54 Å². The zero-order valence-corrected chi connectivity index (χ0v) is 12.7. The molecule has 3 N–H and O–H groups in total. The molecule has 0 heterocycles. The summed E-state index contributed by atoms with van der Waals surface area (Å²) in [7, 11) is 0. The van der Waals surface area contributed by atoms with E-state index in [9.17, 15) is 9.90 Å². The lowest BCUT2D eigenvalue weighted by Crippen LogP contribution is -2.43. The van der Waals surface area contributed by atoms with Gasteiger partial charge in [-0.25, -0.2) is 0 Å². The van der Waals surface area contributed by atoms with E-state index >= 15 is 0 Å². The van der Waals surface area contributed by atoms with Crippen LogP contribution in [0.2, 0.25) is 0 Å². The van der Waals surface area contributed by atoms with Crippen LogP contribution in [0.5, 0.6) is 5.75 Å². The highest BCUT2D eigenvalue weighted by atomic mass is 16.3. The molecular formula is C17H22N2O2. The lowest BCUT2D eigenvalue weighted by Gasteiger charge is -2.21. The van der Waals surface area contributed by atoms with Crippen molar-refractivity contribution in [3.05, 3.63) is 42.0 Å². The van der Waals surface area contributed by atoms with Gasteiger partial charge in [0.15, 0.2) is 0 Å². The van der Waals surface area contributed by atoms with E-state index in [0.717, 1.165) is 16.3 Å². The van der Waals surface area contributed by atoms with Gasteiger partial charge in [0.2, 0.25) is 5.91 Å². The van der Waals surface area contributed by atoms with Crippen LogP contribution in [-0.4, -0.2) is 23.6 Å². The molecule has 0 radical (unpaired) electrons. The van der Waals surface area contributed by atoms with E-state index in [2.05, 4.69) is 10.6 Å². The molecule has 1 amide bonds. The van der Waals surface area contributed by atoms with Crippen LogP contribution in [0, 0.1) is 0 Å². The topological polar surface area (TPSA) is 61.4 Å². The summed E-state index contributed by atoms with van der Waals surface area (Å²) in [5, 5.41) is 18.3. The fraction of sp³-hybridized carbons (Fsp3) is 0.353. The number of fused-ring (bicyclic) bond motifs is 1. The predicted octanol–water partition coefficient (Wildman–Crippen LogP) is 2.72. The highest BCUT2D eigenvalue weighted by molar-refractivity contribution is 5.89. The van der Waals surface area contributed by atoms with Crippen molar-refractivity contribution in [3.8, 4) is 5.75 Å². The number of phenols is 1. The fourth-order valence-electron chi connectivity index (χ4n) is 2.49. The molecule has 0 aliphatic carbocycles. The molecule has 2 atom stereocenters. The molecule has 0 aliphatic heterocycles. The molecule has 2 aromatic carbocycles. The molecule has 0 aliphatic rings. The minimum atomic E-state index is -0.314. The van der Waals surface area contributed by atoms with Gasteiger partial charge < -0.3 is 10.4 Å². The third kappa shape index (κ3) is 3.34. The molecule has 0 saturated heterocycles. The summed E-state index contributed by atoms with van der Waals surface area (Å²) >= 11 is 0.